The van der Waals surface area contributed by atoms with E-state index in [-0.39, 0.29) is 62.0 Å². The number of methoxy groups -OCH3 is 1. The van der Waals surface area contributed by atoms with Crippen molar-refractivity contribution in [1.82, 2.24) is 0 Å². The van der Waals surface area contributed by atoms with Crippen LogP contribution in [0.3, 0.4) is 0 Å². The highest BCUT2D eigenvalue weighted by molar-refractivity contribution is 7.94. The van der Waals surface area contributed by atoms with E-state index in [1.54, 1.807) is 12.1 Å². The molecule has 10 heteroatoms. The number of hydrogen-bond acceptors (Lipinski definition) is 7. The molecule has 0 aliphatic heterocycles. The van der Waals surface area contributed by atoms with Gasteiger partial charge in [-0.3, -0.25) is 9.59 Å². The Morgan fingerprint density at radius 1 is 1.00 bits per heavy atom. The number of halogens is 3. The van der Waals surface area contributed by atoms with Gasteiger partial charge in [0, 0.05) is 34.9 Å². The first-order chi connectivity index (χ1) is 15.2. The molecule has 1 aliphatic rings. The number of nitrogen functional groups attached to an aromatic ring is 1. The van der Waals surface area contributed by atoms with Crippen LogP contribution in [0, 0.1) is 0 Å². The summed E-state index contributed by atoms with van der Waals surface area (Å²) in [6.07, 6.45) is -4.64. The summed E-state index contributed by atoms with van der Waals surface area (Å²) in [7, 11) is 1.23. The van der Waals surface area contributed by atoms with Gasteiger partial charge in [0.1, 0.15) is 5.75 Å². The van der Waals surface area contributed by atoms with Gasteiger partial charge in [-0.1, -0.05) is 24.3 Å². The monoisotopic (exact) mass is 460 g/mol. The lowest BCUT2D eigenvalue weighted by molar-refractivity contribution is -0.137. The van der Waals surface area contributed by atoms with E-state index < -0.39 is 23.3 Å². The molecular formula is C22H15F3N2O4S. The summed E-state index contributed by atoms with van der Waals surface area (Å²) in [6.45, 7) is 0. The standard InChI is InChI=1S/C22H15F3N2O4S/c1-31-12-7-10(22(23,24)25)6-11(8-12)27-15-9-16(32-30)19(26)18-17(15)20(28)13-4-2-3-5-14(13)21(18)29/h2-9,27,30H,26H2,1H3. The number of ketones is 2. The number of nitrogens with two attached hydrogens (primary N) is 1. The Hall–Kier alpha value is -3.50. The van der Waals surface area contributed by atoms with Gasteiger partial charge in [0.2, 0.25) is 0 Å². The molecule has 3 aromatic carbocycles. The number of fused-ring (bicyclic) bond motifs is 2. The second-order valence-corrected chi connectivity index (χ2v) is 7.58. The van der Waals surface area contributed by atoms with Crippen molar-refractivity contribution in [2.75, 3.05) is 18.2 Å². The predicted molar refractivity (Wildman–Crippen MR) is 114 cm³/mol. The van der Waals surface area contributed by atoms with E-state index in [4.69, 9.17) is 10.5 Å². The summed E-state index contributed by atoms with van der Waals surface area (Å²) in [5.41, 5.74) is 5.11. The van der Waals surface area contributed by atoms with Crippen LogP contribution >= 0.6 is 12.0 Å². The number of carbonyl (C=O) groups is 2. The predicted octanol–water partition coefficient (Wildman–Crippen LogP) is 5.38. The van der Waals surface area contributed by atoms with Crippen molar-refractivity contribution >= 4 is 40.7 Å². The fourth-order valence-electron chi connectivity index (χ4n) is 3.58. The largest absolute Gasteiger partial charge is 0.497 e. The van der Waals surface area contributed by atoms with Gasteiger partial charge in [0.05, 0.1) is 40.1 Å². The van der Waals surface area contributed by atoms with Crippen molar-refractivity contribution in [2.24, 2.45) is 0 Å². The number of alkyl halides is 3. The minimum Gasteiger partial charge on any atom is -0.497 e. The minimum absolute atomic E-state index is 0.0278. The first-order valence-electron chi connectivity index (χ1n) is 9.15. The smallest absolute Gasteiger partial charge is 0.416 e. The van der Waals surface area contributed by atoms with Gasteiger partial charge in [-0.05, 0) is 18.2 Å². The van der Waals surface area contributed by atoms with Gasteiger partial charge in [0.15, 0.2) is 11.6 Å². The van der Waals surface area contributed by atoms with Crippen LogP contribution in [-0.4, -0.2) is 23.2 Å². The van der Waals surface area contributed by atoms with E-state index in [0.29, 0.717) is 0 Å². The van der Waals surface area contributed by atoms with Crippen LogP contribution in [0.1, 0.15) is 37.4 Å². The molecule has 0 saturated heterocycles. The molecule has 6 nitrogen and oxygen atoms in total. The van der Waals surface area contributed by atoms with E-state index in [1.807, 2.05) is 0 Å². The van der Waals surface area contributed by atoms with E-state index in [1.165, 1.54) is 31.4 Å². The number of carbonyl (C=O) groups excluding carboxylic acids is 2. The summed E-state index contributed by atoms with van der Waals surface area (Å²) >= 11 is 0.259. The van der Waals surface area contributed by atoms with Gasteiger partial charge in [-0.15, -0.1) is 0 Å². The van der Waals surface area contributed by atoms with E-state index in [9.17, 15) is 27.3 Å². The molecule has 0 heterocycles. The maximum Gasteiger partial charge on any atom is 0.416 e. The summed E-state index contributed by atoms with van der Waals surface area (Å²) < 4.78 is 54.5. The number of benzene rings is 3. The van der Waals surface area contributed by atoms with E-state index in [2.05, 4.69) is 5.32 Å². The van der Waals surface area contributed by atoms with Gasteiger partial charge < -0.3 is 20.3 Å². The molecule has 1 aliphatic carbocycles. The lowest BCUT2D eigenvalue weighted by atomic mass is 9.82. The average Bonchev–Trinajstić information content (AvgIpc) is 2.77. The van der Waals surface area contributed by atoms with Crippen LogP contribution < -0.4 is 15.8 Å². The molecule has 4 rings (SSSR count). The Balaban J connectivity index is 1.92. The van der Waals surface area contributed by atoms with Crippen LogP contribution in [0.2, 0.25) is 0 Å². The molecule has 0 bridgehead atoms. The molecule has 3 aromatic rings. The highest BCUT2D eigenvalue weighted by Crippen LogP contribution is 2.42. The SMILES string of the molecule is COc1cc(Nc2cc(SO)c(N)c3c2C(=O)c2ccccc2C3=O)cc(C(F)(F)F)c1. The van der Waals surface area contributed by atoms with Gasteiger partial charge in [-0.25, -0.2) is 0 Å². The maximum absolute atomic E-state index is 13.3. The molecule has 0 spiro atoms. The summed E-state index contributed by atoms with van der Waals surface area (Å²) in [5.74, 6) is -1.10. The molecule has 164 valence electrons. The van der Waals surface area contributed by atoms with Crippen molar-refractivity contribution in [3.63, 3.8) is 0 Å². The third-order valence-corrected chi connectivity index (χ3v) is 5.58. The normalized spacial score (nSPS) is 12.9. The Kier molecular flexibility index (Phi) is 5.35. The summed E-state index contributed by atoms with van der Waals surface area (Å²) in [6, 6.07) is 10.5. The summed E-state index contributed by atoms with van der Waals surface area (Å²) in [5, 5.41) is 2.77. The fraction of sp³-hybridized carbons (Fsp3) is 0.0909. The number of hydrogen-bond donors (Lipinski definition) is 3. The van der Waals surface area contributed by atoms with Crippen LogP contribution in [0.25, 0.3) is 0 Å². The number of ether oxygens (including phenoxy) is 1. The third kappa shape index (κ3) is 3.57. The molecule has 0 unspecified atom stereocenters. The van der Waals surface area contributed by atoms with Gasteiger partial charge in [-0.2, -0.15) is 13.2 Å². The second-order valence-electron chi connectivity index (χ2n) is 6.95. The number of anilines is 3. The zero-order chi connectivity index (χ0) is 23.2. The quantitative estimate of drug-likeness (QED) is 0.278. The zero-order valence-corrected chi connectivity index (χ0v) is 17.2. The second kappa shape index (κ2) is 7.88. The average molecular weight is 460 g/mol. The molecule has 0 radical (unpaired) electrons. The Morgan fingerprint density at radius 3 is 2.19 bits per heavy atom. The lowest BCUT2D eigenvalue weighted by Gasteiger charge is -2.24. The first-order valence-corrected chi connectivity index (χ1v) is 9.92. The molecule has 0 aromatic heterocycles. The van der Waals surface area contributed by atoms with Gasteiger partial charge >= 0.3 is 6.18 Å². The molecule has 32 heavy (non-hydrogen) atoms. The summed E-state index contributed by atoms with van der Waals surface area (Å²) in [4.78, 5) is 26.4. The lowest BCUT2D eigenvalue weighted by Crippen LogP contribution is -2.24. The minimum atomic E-state index is -4.64. The molecule has 0 saturated carbocycles. The molecule has 0 amide bonds. The number of nitrogens with one attached hydrogen (secondary N) is 1. The molecule has 0 fully saturated rings. The van der Waals surface area contributed by atoms with Gasteiger partial charge in [0.25, 0.3) is 0 Å². The molecule has 0 atom stereocenters. The maximum atomic E-state index is 13.3. The Bertz CT molecular complexity index is 1270. The van der Waals surface area contributed by atoms with Crippen LogP contribution in [-0.2, 0) is 6.18 Å². The first kappa shape index (κ1) is 21.7. The van der Waals surface area contributed by atoms with Crippen molar-refractivity contribution in [1.29, 1.82) is 0 Å². The van der Waals surface area contributed by atoms with Crippen LogP contribution in [0.5, 0.6) is 5.75 Å². The highest BCUT2D eigenvalue weighted by Gasteiger charge is 2.35. The Labute approximate surface area is 184 Å². The topological polar surface area (TPSA) is 102 Å². The van der Waals surface area contributed by atoms with Crippen molar-refractivity contribution < 1.29 is 32.0 Å². The van der Waals surface area contributed by atoms with Crippen LogP contribution in [0.4, 0.5) is 30.2 Å². The number of rotatable bonds is 4. The fourth-order valence-corrected chi connectivity index (χ4v) is 3.95. The van der Waals surface area contributed by atoms with Crippen molar-refractivity contribution in [3.05, 3.63) is 76.3 Å². The van der Waals surface area contributed by atoms with E-state index in [0.717, 1.165) is 12.1 Å². The Morgan fingerprint density at radius 2 is 1.62 bits per heavy atom. The van der Waals surface area contributed by atoms with Crippen molar-refractivity contribution in [3.8, 4) is 5.75 Å². The van der Waals surface area contributed by atoms with Crippen LogP contribution in [0.15, 0.2) is 53.4 Å². The third-order valence-electron chi connectivity index (χ3n) is 5.05. The molecular weight excluding hydrogens is 445 g/mol. The van der Waals surface area contributed by atoms with E-state index >= 15 is 0 Å². The zero-order valence-electron chi connectivity index (χ0n) is 16.4. The molecule has 4 N–H and O–H groups in total. The highest BCUT2D eigenvalue weighted by atomic mass is 32.2. The van der Waals surface area contributed by atoms with Crippen molar-refractivity contribution in [2.45, 2.75) is 11.1 Å².